The number of nitrogens with one attached hydrogen (secondary N) is 1. The number of hydrogen-bond acceptors (Lipinski definition) is 2. The van der Waals surface area contributed by atoms with Crippen molar-refractivity contribution in [2.45, 2.75) is 19.9 Å². The van der Waals surface area contributed by atoms with Crippen molar-refractivity contribution in [3.05, 3.63) is 35.4 Å². The van der Waals surface area contributed by atoms with Gasteiger partial charge in [0.25, 0.3) is 0 Å². The third-order valence-corrected chi connectivity index (χ3v) is 4.22. The average Bonchev–Trinajstić information content (AvgIpc) is 2.46. The molecule has 0 unspecified atom stereocenters. The molecule has 1 saturated heterocycles. The summed E-state index contributed by atoms with van der Waals surface area (Å²) < 4.78 is 5.30. The van der Waals surface area contributed by atoms with Gasteiger partial charge in [0.2, 0.25) is 0 Å². The minimum absolute atomic E-state index is 0.267. The fraction of sp³-hybridized carbons (Fsp3) is 0.562. The zero-order valence-corrected chi connectivity index (χ0v) is 12.4. The van der Waals surface area contributed by atoms with E-state index in [4.69, 9.17) is 4.74 Å². The zero-order chi connectivity index (χ0) is 14.0. The molecule has 1 fully saturated rings. The lowest BCUT2D eigenvalue weighted by Gasteiger charge is -2.40. The quantitative estimate of drug-likeness (QED) is 0.657. The van der Waals surface area contributed by atoms with Crippen LogP contribution in [0, 0.1) is 5.41 Å². The number of ether oxygens (including phenoxy) is 1. The van der Waals surface area contributed by atoms with E-state index in [1.54, 1.807) is 0 Å². The first-order valence-corrected chi connectivity index (χ1v) is 7.30. The summed E-state index contributed by atoms with van der Waals surface area (Å²) in [6.45, 7) is 6.85. The van der Waals surface area contributed by atoms with Crippen LogP contribution in [0.4, 0.5) is 0 Å². The number of rotatable bonds is 2. The molecule has 3 rings (SSSR count). The van der Waals surface area contributed by atoms with Crippen molar-refractivity contribution in [1.82, 2.24) is 10.2 Å². The van der Waals surface area contributed by atoms with Gasteiger partial charge >= 0.3 is 0 Å². The summed E-state index contributed by atoms with van der Waals surface area (Å²) in [5.41, 5.74) is 3.15. The van der Waals surface area contributed by atoms with Crippen LogP contribution in [0.2, 0.25) is 0 Å². The Labute approximate surface area is 120 Å². The molecule has 0 saturated carbocycles. The molecule has 1 N–H and O–H groups in total. The molecule has 0 atom stereocenters. The molecule has 4 heteroatoms. The average molecular weight is 273 g/mol. The molecule has 0 aromatic heterocycles. The number of benzene rings is 1. The first kappa shape index (κ1) is 13.4. The molecule has 1 aromatic rings. The van der Waals surface area contributed by atoms with E-state index in [0.717, 1.165) is 45.2 Å². The molecule has 108 valence electrons. The minimum Gasteiger partial charge on any atom is -0.380 e. The lowest BCUT2D eigenvalue weighted by molar-refractivity contribution is -0.0973. The Morgan fingerprint density at radius 2 is 2.10 bits per heavy atom. The molecule has 2 aliphatic rings. The Bertz CT molecular complexity index is 508. The van der Waals surface area contributed by atoms with Crippen LogP contribution in [0.15, 0.2) is 29.3 Å². The van der Waals surface area contributed by atoms with Crippen LogP contribution in [-0.2, 0) is 17.7 Å². The Morgan fingerprint density at radius 1 is 1.35 bits per heavy atom. The summed E-state index contributed by atoms with van der Waals surface area (Å²) in [5.74, 6) is 1.01. The SMILES string of the molecule is CN=C(NCC1(C)COC1)N1CCc2ccccc2C1. The van der Waals surface area contributed by atoms with Crippen LogP contribution in [0.5, 0.6) is 0 Å². The van der Waals surface area contributed by atoms with E-state index < -0.39 is 0 Å². The third-order valence-electron chi connectivity index (χ3n) is 4.22. The van der Waals surface area contributed by atoms with Gasteiger partial charge in [-0.05, 0) is 17.5 Å². The summed E-state index contributed by atoms with van der Waals surface area (Å²) in [5, 5.41) is 3.51. The van der Waals surface area contributed by atoms with Crippen molar-refractivity contribution in [3.8, 4) is 0 Å². The van der Waals surface area contributed by atoms with E-state index in [1.807, 2.05) is 7.05 Å². The van der Waals surface area contributed by atoms with Gasteiger partial charge in [-0.25, -0.2) is 0 Å². The van der Waals surface area contributed by atoms with Crippen molar-refractivity contribution in [2.24, 2.45) is 10.4 Å². The number of nitrogens with zero attached hydrogens (tertiary/aromatic N) is 2. The van der Waals surface area contributed by atoms with Gasteiger partial charge in [0.15, 0.2) is 5.96 Å². The summed E-state index contributed by atoms with van der Waals surface area (Å²) in [4.78, 5) is 6.78. The van der Waals surface area contributed by atoms with Gasteiger partial charge in [-0.2, -0.15) is 0 Å². The number of hydrogen-bond donors (Lipinski definition) is 1. The van der Waals surface area contributed by atoms with Crippen molar-refractivity contribution in [3.63, 3.8) is 0 Å². The predicted octanol–water partition coefficient (Wildman–Crippen LogP) is 1.66. The highest BCUT2D eigenvalue weighted by Crippen LogP contribution is 2.25. The van der Waals surface area contributed by atoms with Gasteiger partial charge in [0.05, 0.1) is 13.2 Å². The molecule has 0 aliphatic carbocycles. The highest BCUT2D eigenvalue weighted by molar-refractivity contribution is 5.80. The van der Waals surface area contributed by atoms with E-state index in [9.17, 15) is 0 Å². The molecular formula is C16H23N3O. The normalized spacial score (nSPS) is 21.1. The molecule has 2 heterocycles. The van der Waals surface area contributed by atoms with E-state index in [1.165, 1.54) is 11.1 Å². The molecule has 0 spiro atoms. The van der Waals surface area contributed by atoms with E-state index >= 15 is 0 Å². The summed E-state index contributed by atoms with van der Waals surface area (Å²) in [6, 6.07) is 8.69. The van der Waals surface area contributed by atoms with Crippen LogP contribution in [0.1, 0.15) is 18.1 Å². The monoisotopic (exact) mass is 273 g/mol. The first-order chi connectivity index (χ1) is 9.70. The van der Waals surface area contributed by atoms with Crippen LogP contribution >= 0.6 is 0 Å². The maximum absolute atomic E-state index is 5.30. The highest BCUT2D eigenvalue weighted by Gasteiger charge is 2.33. The summed E-state index contributed by atoms with van der Waals surface area (Å²) >= 11 is 0. The van der Waals surface area contributed by atoms with Gasteiger partial charge in [0.1, 0.15) is 0 Å². The topological polar surface area (TPSA) is 36.9 Å². The Kier molecular flexibility index (Phi) is 3.66. The molecule has 0 radical (unpaired) electrons. The van der Waals surface area contributed by atoms with Crippen LogP contribution in [0.25, 0.3) is 0 Å². The fourth-order valence-electron chi connectivity index (χ4n) is 2.85. The Balaban J connectivity index is 1.63. The Hall–Kier alpha value is -1.55. The first-order valence-electron chi connectivity index (χ1n) is 7.30. The van der Waals surface area contributed by atoms with E-state index in [-0.39, 0.29) is 5.41 Å². The van der Waals surface area contributed by atoms with Gasteiger partial charge in [-0.1, -0.05) is 31.2 Å². The van der Waals surface area contributed by atoms with E-state index in [2.05, 4.69) is 46.4 Å². The summed E-state index contributed by atoms with van der Waals surface area (Å²) in [7, 11) is 1.86. The van der Waals surface area contributed by atoms with E-state index in [0.29, 0.717) is 0 Å². The third kappa shape index (κ3) is 2.66. The van der Waals surface area contributed by atoms with Crippen molar-refractivity contribution in [2.75, 3.05) is 33.4 Å². The standard InChI is InChI=1S/C16H23N3O/c1-16(11-20-12-16)10-18-15(17-2)19-8-7-13-5-3-4-6-14(13)9-19/h3-6H,7-12H2,1-2H3,(H,17,18). The van der Waals surface area contributed by atoms with Crippen molar-refractivity contribution < 1.29 is 4.74 Å². The molecular weight excluding hydrogens is 250 g/mol. The zero-order valence-electron chi connectivity index (χ0n) is 12.4. The maximum atomic E-state index is 5.30. The Morgan fingerprint density at radius 3 is 2.75 bits per heavy atom. The number of guanidine groups is 1. The number of aliphatic imine (C=N–C) groups is 1. The lowest BCUT2D eigenvalue weighted by atomic mass is 9.89. The minimum atomic E-state index is 0.267. The van der Waals surface area contributed by atoms with Gasteiger partial charge in [0, 0.05) is 32.1 Å². The van der Waals surface area contributed by atoms with Crippen LogP contribution < -0.4 is 5.32 Å². The van der Waals surface area contributed by atoms with Crippen LogP contribution in [-0.4, -0.2) is 44.2 Å². The van der Waals surface area contributed by atoms with Gasteiger partial charge in [-0.15, -0.1) is 0 Å². The van der Waals surface area contributed by atoms with Gasteiger partial charge < -0.3 is 15.0 Å². The molecule has 1 aromatic carbocycles. The van der Waals surface area contributed by atoms with Crippen molar-refractivity contribution >= 4 is 5.96 Å². The second-order valence-corrected chi connectivity index (χ2v) is 6.14. The maximum Gasteiger partial charge on any atom is 0.193 e. The molecule has 0 amide bonds. The van der Waals surface area contributed by atoms with Crippen LogP contribution in [0.3, 0.4) is 0 Å². The lowest BCUT2D eigenvalue weighted by Crippen LogP contribution is -2.52. The largest absolute Gasteiger partial charge is 0.380 e. The fourth-order valence-corrected chi connectivity index (χ4v) is 2.85. The number of fused-ring (bicyclic) bond motifs is 1. The molecule has 2 aliphatic heterocycles. The highest BCUT2D eigenvalue weighted by atomic mass is 16.5. The molecule has 0 bridgehead atoms. The predicted molar refractivity (Wildman–Crippen MR) is 80.8 cm³/mol. The van der Waals surface area contributed by atoms with Gasteiger partial charge in [-0.3, -0.25) is 4.99 Å². The smallest absolute Gasteiger partial charge is 0.193 e. The second kappa shape index (κ2) is 5.44. The summed E-state index contributed by atoms with van der Waals surface area (Å²) in [6.07, 6.45) is 1.09. The second-order valence-electron chi connectivity index (χ2n) is 6.14. The van der Waals surface area contributed by atoms with Crippen molar-refractivity contribution in [1.29, 1.82) is 0 Å². The molecule has 4 nitrogen and oxygen atoms in total. The molecule has 20 heavy (non-hydrogen) atoms.